The third kappa shape index (κ3) is 3.13. The van der Waals surface area contributed by atoms with E-state index in [0.717, 1.165) is 12.1 Å². The van der Waals surface area contributed by atoms with E-state index in [0.29, 0.717) is 12.2 Å². The normalized spacial score (nSPS) is 11.7. The van der Waals surface area contributed by atoms with Gasteiger partial charge in [-0.15, -0.1) is 0 Å². The van der Waals surface area contributed by atoms with E-state index in [1.807, 2.05) is 0 Å². The predicted octanol–water partition coefficient (Wildman–Crippen LogP) is 2.82. The lowest BCUT2D eigenvalue weighted by Crippen LogP contribution is -2.07. The molecule has 2 nitrogen and oxygen atoms in total. The van der Waals surface area contributed by atoms with Gasteiger partial charge in [-0.05, 0) is 19.1 Å². The second-order valence-corrected chi connectivity index (χ2v) is 3.05. The molecule has 0 saturated heterocycles. The van der Waals surface area contributed by atoms with Gasteiger partial charge in [0.05, 0.1) is 12.2 Å². The van der Waals surface area contributed by atoms with Crippen LogP contribution in [0, 0.1) is 0 Å². The lowest BCUT2D eigenvalue weighted by Gasteiger charge is -2.10. The first-order valence-corrected chi connectivity index (χ1v) is 4.48. The first-order chi connectivity index (χ1) is 6.95. The topological polar surface area (TPSA) is 35.2 Å². The molecule has 1 aromatic rings. The van der Waals surface area contributed by atoms with Gasteiger partial charge in [-0.2, -0.15) is 13.2 Å². The quantitative estimate of drug-likeness (QED) is 0.793. The second kappa shape index (κ2) is 4.53. The first kappa shape index (κ1) is 11.8. The molecule has 5 heteroatoms. The highest BCUT2D eigenvalue weighted by atomic mass is 19.4. The Morgan fingerprint density at radius 1 is 1.33 bits per heavy atom. The number of benzene rings is 1. The number of nitrogens with two attached hydrogens (primary N) is 1. The fourth-order valence-electron chi connectivity index (χ4n) is 1.11. The van der Waals surface area contributed by atoms with Crippen LogP contribution in [0.3, 0.4) is 0 Å². The van der Waals surface area contributed by atoms with Crippen molar-refractivity contribution in [2.24, 2.45) is 0 Å². The molecule has 84 valence electrons. The molecule has 15 heavy (non-hydrogen) atoms. The largest absolute Gasteiger partial charge is 0.416 e. The number of nitrogen functional groups attached to an aromatic ring is 1. The van der Waals surface area contributed by atoms with Gasteiger partial charge in [0, 0.05) is 17.9 Å². The number of ether oxygens (including phenoxy) is 1. The molecule has 0 unspecified atom stereocenters. The summed E-state index contributed by atoms with van der Waals surface area (Å²) < 4.78 is 41.9. The van der Waals surface area contributed by atoms with E-state index in [1.54, 1.807) is 6.92 Å². The van der Waals surface area contributed by atoms with Crippen molar-refractivity contribution in [3.05, 3.63) is 29.3 Å². The maximum absolute atomic E-state index is 12.3. The molecule has 0 aromatic heterocycles. The molecule has 0 aliphatic rings. The van der Waals surface area contributed by atoms with Crippen LogP contribution in [-0.2, 0) is 17.5 Å². The highest BCUT2D eigenvalue weighted by Crippen LogP contribution is 2.31. The maximum atomic E-state index is 12.3. The van der Waals surface area contributed by atoms with Crippen LogP contribution in [0.4, 0.5) is 18.9 Å². The fraction of sp³-hybridized carbons (Fsp3) is 0.400. The van der Waals surface area contributed by atoms with Crippen molar-refractivity contribution in [2.75, 3.05) is 12.3 Å². The van der Waals surface area contributed by atoms with Crippen molar-refractivity contribution in [3.8, 4) is 0 Å². The monoisotopic (exact) mass is 219 g/mol. The molecule has 0 bridgehead atoms. The minimum absolute atomic E-state index is 0.110. The van der Waals surface area contributed by atoms with Gasteiger partial charge in [-0.1, -0.05) is 6.07 Å². The summed E-state index contributed by atoms with van der Waals surface area (Å²) in [5, 5.41) is 0. The van der Waals surface area contributed by atoms with Gasteiger partial charge in [0.1, 0.15) is 0 Å². The average molecular weight is 219 g/mol. The molecule has 0 amide bonds. The molecular weight excluding hydrogens is 207 g/mol. The molecule has 1 aromatic carbocycles. The number of rotatable bonds is 3. The smallest absolute Gasteiger partial charge is 0.398 e. The summed E-state index contributed by atoms with van der Waals surface area (Å²) in [6, 6.07) is 3.27. The molecule has 2 N–H and O–H groups in total. The Labute approximate surface area is 85.8 Å². The molecule has 0 aliphatic heterocycles. The van der Waals surface area contributed by atoms with Gasteiger partial charge in [0.25, 0.3) is 0 Å². The van der Waals surface area contributed by atoms with E-state index in [1.165, 1.54) is 6.07 Å². The van der Waals surface area contributed by atoms with E-state index in [2.05, 4.69) is 0 Å². The van der Waals surface area contributed by atoms with Crippen molar-refractivity contribution < 1.29 is 17.9 Å². The van der Waals surface area contributed by atoms with E-state index in [-0.39, 0.29) is 12.3 Å². The Morgan fingerprint density at radius 2 is 2.00 bits per heavy atom. The zero-order valence-corrected chi connectivity index (χ0v) is 8.27. The third-order valence-electron chi connectivity index (χ3n) is 1.93. The van der Waals surface area contributed by atoms with Crippen molar-refractivity contribution in [2.45, 2.75) is 19.7 Å². The standard InChI is InChI=1S/C10H12F3NO/c1-2-15-6-7-3-4-8(5-9(7)14)10(11,12)13/h3-5H,2,6,14H2,1H3. The molecule has 0 spiro atoms. The van der Waals surface area contributed by atoms with Crippen molar-refractivity contribution in [1.82, 2.24) is 0 Å². The van der Waals surface area contributed by atoms with E-state index in [4.69, 9.17) is 10.5 Å². The first-order valence-electron chi connectivity index (χ1n) is 4.48. The van der Waals surface area contributed by atoms with Crippen molar-refractivity contribution in [1.29, 1.82) is 0 Å². The number of alkyl halides is 3. The molecule has 0 atom stereocenters. The molecule has 0 aliphatic carbocycles. The van der Waals surface area contributed by atoms with Crippen LogP contribution in [0.1, 0.15) is 18.1 Å². The lowest BCUT2D eigenvalue weighted by atomic mass is 10.1. The summed E-state index contributed by atoms with van der Waals surface area (Å²) in [6.45, 7) is 2.54. The highest BCUT2D eigenvalue weighted by molar-refractivity contribution is 5.49. The molecule has 1 rings (SSSR count). The van der Waals surface area contributed by atoms with Crippen molar-refractivity contribution >= 4 is 5.69 Å². The number of anilines is 1. The summed E-state index contributed by atoms with van der Waals surface area (Å²) >= 11 is 0. The SMILES string of the molecule is CCOCc1ccc(C(F)(F)F)cc1N. The Morgan fingerprint density at radius 3 is 2.47 bits per heavy atom. The van der Waals surface area contributed by atoms with Gasteiger partial charge in [-0.3, -0.25) is 0 Å². The van der Waals surface area contributed by atoms with Crippen LogP contribution in [0.15, 0.2) is 18.2 Å². The Balaban J connectivity index is 2.88. The Bertz CT molecular complexity index is 336. The second-order valence-electron chi connectivity index (χ2n) is 3.05. The van der Waals surface area contributed by atoms with Crippen LogP contribution in [0.25, 0.3) is 0 Å². The van der Waals surface area contributed by atoms with E-state index in [9.17, 15) is 13.2 Å². The number of halogens is 3. The summed E-state index contributed by atoms with van der Waals surface area (Å²) in [4.78, 5) is 0. The number of hydrogen-bond donors (Lipinski definition) is 1. The molecule has 0 radical (unpaired) electrons. The lowest BCUT2D eigenvalue weighted by molar-refractivity contribution is -0.137. The average Bonchev–Trinajstić information content (AvgIpc) is 2.14. The van der Waals surface area contributed by atoms with Gasteiger partial charge >= 0.3 is 6.18 Å². The molecule has 0 heterocycles. The molecular formula is C10H12F3NO. The summed E-state index contributed by atoms with van der Waals surface area (Å²) in [5.41, 5.74) is 5.43. The minimum atomic E-state index is -4.35. The van der Waals surface area contributed by atoms with Gasteiger partial charge < -0.3 is 10.5 Å². The summed E-state index contributed by atoms with van der Waals surface area (Å²) in [5.74, 6) is 0. The molecule has 0 fully saturated rings. The van der Waals surface area contributed by atoms with Crippen LogP contribution in [0.2, 0.25) is 0 Å². The van der Waals surface area contributed by atoms with Crippen LogP contribution in [0.5, 0.6) is 0 Å². The third-order valence-corrected chi connectivity index (χ3v) is 1.93. The molecule has 0 saturated carbocycles. The Kier molecular flexibility index (Phi) is 3.57. The minimum Gasteiger partial charge on any atom is -0.398 e. The van der Waals surface area contributed by atoms with E-state index < -0.39 is 11.7 Å². The van der Waals surface area contributed by atoms with Gasteiger partial charge in [0.2, 0.25) is 0 Å². The van der Waals surface area contributed by atoms with Crippen LogP contribution < -0.4 is 5.73 Å². The fourth-order valence-corrected chi connectivity index (χ4v) is 1.11. The van der Waals surface area contributed by atoms with E-state index >= 15 is 0 Å². The van der Waals surface area contributed by atoms with Crippen molar-refractivity contribution in [3.63, 3.8) is 0 Å². The van der Waals surface area contributed by atoms with Crippen LogP contribution in [-0.4, -0.2) is 6.61 Å². The predicted molar refractivity (Wildman–Crippen MR) is 51.2 cm³/mol. The van der Waals surface area contributed by atoms with Gasteiger partial charge in [0.15, 0.2) is 0 Å². The summed E-state index contributed by atoms with van der Waals surface area (Å²) in [6.07, 6.45) is -4.35. The Hall–Kier alpha value is -1.23. The highest BCUT2D eigenvalue weighted by Gasteiger charge is 2.30. The zero-order valence-electron chi connectivity index (χ0n) is 8.27. The zero-order chi connectivity index (χ0) is 11.5. The maximum Gasteiger partial charge on any atom is 0.416 e. The van der Waals surface area contributed by atoms with Gasteiger partial charge in [-0.25, -0.2) is 0 Å². The summed E-state index contributed by atoms with van der Waals surface area (Å²) in [7, 11) is 0. The number of hydrogen-bond acceptors (Lipinski definition) is 2. The van der Waals surface area contributed by atoms with Crippen LogP contribution >= 0.6 is 0 Å².